The van der Waals surface area contributed by atoms with Gasteiger partial charge in [-0.15, -0.1) is 0 Å². The third-order valence-corrected chi connectivity index (χ3v) is 4.61. The molecule has 0 bridgehead atoms. The average molecular weight is 306 g/mol. The highest BCUT2D eigenvalue weighted by molar-refractivity contribution is 5.51. The quantitative estimate of drug-likeness (QED) is 0.714. The lowest BCUT2D eigenvalue weighted by Gasteiger charge is -2.21. The molecule has 7 heteroatoms. The monoisotopic (exact) mass is 306 g/mol. The zero-order valence-electron chi connectivity index (χ0n) is 13.4. The van der Waals surface area contributed by atoms with Crippen molar-refractivity contribution < 1.29 is 4.74 Å². The van der Waals surface area contributed by atoms with Crippen LogP contribution in [0.1, 0.15) is 18.2 Å². The van der Waals surface area contributed by atoms with Crippen LogP contribution in [0.5, 0.6) is 0 Å². The summed E-state index contributed by atoms with van der Waals surface area (Å²) < 4.78 is 5.64. The Labute approximate surface area is 131 Å². The topological polar surface area (TPSA) is 88.3 Å². The minimum Gasteiger partial charge on any atom is -0.378 e. The van der Waals surface area contributed by atoms with Crippen molar-refractivity contribution in [1.82, 2.24) is 20.2 Å². The third kappa shape index (κ3) is 3.16. The molecule has 1 aromatic rings. The predicted molar refractivity (Wildman–Crippen MR) is 87.0 cm³/mol. The molecule has 0 spiro atoms. The Morgan fingerprint density at radius 2 is 2.14 bits per heavy atom. The smallest absolute Gasteiger partial charge is 0.222 e. The average Bonchev–Trinajstić information content (AvgIpc) is 2.75. The van der Waals surface area contributed by atoms with Crippen LogP contribution >= 0.6 is 0 Å². The van der Waals surface area contributed by atoms with Crippen LogP contribution < -0.4 is 16.4 Å². The van der Waals surface area contributed by atoms with Gasteiger partial charge >= 0.3 is 0 Å². The number of aromatic nitrogens is 2. The molecule has 1 saturated heterocycles. The SMILES string of the molecule is CCN1C[C@@H](Nc2nc(N)nc3c2CCNCC3)[C@H](OC)C1. The minimum absolute atomic E-state index is 0.177. The summed E-state index contributed by atoms with van der Waals surface area (Å²) in [6.07, 6.45) is 2.01. The molecule has 1 fully saturated rings. The first-order valence-electron chi connectivity index (χ1n) is 8.09. The Morgan fingerprint density at radius 1 is 1.32 bits per heavy atom. The van der Waals surface area contributed by atoms with Crippen LogP contribution in [0, 0.1) is 0 Å². The lowest BCUT2D eigenvalue weighted by Crippen LogP contribution is -2.34. The fourth-order valence-corrected chi connectivity index (χ4v) is 3.35. The van der Waals surface area contributed by atoms with Crippen LogP contribution in [-0.2, 0) is 17.6 Å². The number of methoxy groups -OCH3 is 1. The first-order chi connectivity index (χ1) is 10.7. The van der Waals surface area contributed by atoms with Crippen LogP contribution in [0.15, 0.2) is 0 Å². The lowest BCUT2D eigenvalue weighted by atomic mass is 10.1. The van der Waals surface area contributed by atoms with Crippen LogP contribution in [0.3, 0.4) is 0 Å². The van der Waals surface area contributed by atoms with Crippen molar-refractivity contribution in [2.75, 3.05) is 50.9 Å². The number of fused-ring (bicyclic) bond motifs is 1. The van der Waals surface area contributed by atoms with Gasteiger partial charge in [-0.05, 0) is 19.5 Å². The summed E-state index contributed by atoms with van der Waals surface area (Å²) in [5.41, 5.74) is 8.17. The van der Waals surface area contributed by atoms with Gasteiger partial charge in [-0.1, -0.05) is 6.92 Å². The number of nitrogens with zero attached hydrogens (tertiary/aromatic N) is 3. The van der Waals surface area contributed by atoms with Crippen molar-refractivity contribution in [2.45, 2.75) is 31.9 Å². The van der Waals surface area contributed by atoms with Crippen LogP contribution in [-0.4, -0.2) is 66.8 Å². The van der Waals surface area contributed by atoms with E-state index in [2.05, 4.69) is 32.4 Å². The molecule has 2 aliphatic heterocycles. The van der Waals surface area contributed by atoms with E-state index in [9.17, 15) is 0 Å². The molecule has 0 amide bonds. The number of ether oxygens (including phenoxy) is 1. The fourth-order valence-electron chi connectivity index (χ4n) is 3.35. The fraction of sp³-hybridized carbons (Fsp3) is 0.733. The number of hydrogen-bond donors (Lipinski definition) is 3. The van der Waals surface area contributed by atoms with Crippen molar-refractivity contribution in [2.24, 2.45) is 0 Å². The van der Waals surface area contributed by atoms with Crippen molar-refractivity contribution in [1.29, 1.82) is 0 Å². The van der Waals surface area contributed by atoms with Gasteiger partial charge in [0.25, 0.3) is 0 Å². The van der Waals surface area contributed by atoms with Crippen molar-refractivity contribution >= 4 is 11.8 Å². The molecule has 3 rings (SSSR count). The summed E-state index contributed by atoms with van der Waals surface area (Å²) in [5.74, 6) is 1.23. The zero-order valence-corrected chi connectivity index (χ0v) is 13.4. The Morgan fingerprint density at radius 3 is 2.91 bits per heavy atom. The molecule has 4 N–H and O–H groups in total. The minimum atomic E-state index is 0.177. The molecule has 0 unspecified atom stereocenters. The van der Waals surface area contributed by atoms with Gasteiger partial charge in [-0.2, -0.15) is 4.98 Å². The van der Waals surface area contributed by atoms with E-state index in [1.165, 1.54) is 5.56 Å². The molecular weight excluding hydrogens is 280 g/mol. The van der Waals surface area contributed by atoms with Gasteiger partial charge in [-0.25, -0.2) is 4.98 Å². The molecule has 1 aromatic heterocycles. The summed E-state index contributed by atoms with van der Waals surface area (Å²) >= 11 is 0. The van der Waals surface area contributed by atoms with Crippen molar-refractivity contribution in [3.05, 3.63) is 11.3 Å². The molecular formula is C15H26N6O. The van der Waals surface area contributed by atoms with E-state index in [4.69, 9.17) is 10.5 Å². The number of rotatable bonds is 4. The maximum atomic E-state index is 5.90. The number of anilines is 2. The van der Waals surface area contributed by atoms with Gasteiger partial charge in [0.1, 0.15) is 5.82 Å². The molecule has 3 heterocycles. The number of nitrogens with two attached hydrogens (primary N) is 1. The second-order valence-corrected chi connectivity index (χ2v) is 5.98. The highest BCUT2D eigenvalue weighted by atomic mass is 16.5. The highest BCUT2D eigenvalue weighted by Crippen LogP contribution is 2.24. The molecule has 7 nitrogen and oxygen atoms in total. The van der Waals surface area contributed by atoms with Crippen molar-refractivity contribution in [3.63, 3.8) is 0 Å². The van der Waals surface area contributed by atoms with Crippen molar-refractivity contribution in [3.8, 4) is 0 Å². The Hall–Kier alpha value is -1.44. The summed E-state index contributed by atoms with van der Waals surface area (Å²) in [6, 6.07) is 0.236. The lowest BCUT2D eigenvalue weighted by molar-refractivity contribution is 0.102. The van der Waals surface area contributed by atoms with Crippen LogP contribution in [0.25, 0.3) is 0 Å². The molecule has 122 valence electrons. The van der Waals surface area contributed by atoms with Gasteiger partial charge < -0.3 is 21.1 Å². The summed E-state index contributed by atoms with van der Waals surface area (Å²) in [6.45, 7) is 7.02. The molecule has 0 aromatic carbocycles. The maximum absolute atomic E-state index is 5.90. The van der Waals surface area contributed by atoms with E-state index in [0.29, 0.717) is 5.95 Å². The summed E-state index contributed by atoms with van der Waals surface area (Å²) in [4.78, 5) is 11.3. The summed E-state index contributed by atoms with van der Waals surface area (Å²) in [7, 11) is 1.78. The Kier molecular flexibility index (Phi) is 4.75. The molecule has 22 heavy (non-hydrogen) atoms. The van der Waals surface area contributed by atoms with Crippen LogP contribution in [0.2, 0.25) is 0 Å². The number of likely N-dealkylation sites (tertiary alicyclic amines) is 1. The standard InChI is InChI=1S/C15H26N6O/c1-3-21-8-12(13(9-21)22-2)18-14-10-4-6-17-7-5-11(10)19-15(16)20-14/h12-13,17H,3-9H2,1-2H3,(H3,16,18,19,20)/t12-,13-/m1/s1. The largest absolute Gasteiger partial charge is 0.378 e. The summed E-state index contributed by atoms with van der Waals surface area (Å²) in [5, 5.41) is 6.98. The van der Waals surface area contributed by atoms with E-state index in [0.717, 1.165) is 57.1 Å². The van der Waals surface area contributed by atoms with Crippen LogP contribution in [0.4, 0.5) is 11.8 Å². The number of hydrogen-bond acceptors (Lipinski definition) is 7. The zero-order chi connectivity index (χ0) is 15.5. The van der Waals surface area contributed by atoms with E-state index in [1.807, 2.05) is 0 Å². The van der Waals surface area contributed by atoms with E-state index in [1.54, 1.807) is 7.11 Å². The highest BCUT2D eigenvalue weighted by Gasteiger charge is 2.33. The van der Waals surface area contributed by atoms with Gasteiger partial charge in [0.2, 0.25) is 5.95 Å². The van der Waals surface area contributed by atoms with Gasteiger partial charge in [-0.3, -0.25) is 4.90 Å². The van der Waals surface area contributed by atoms with E-state index < -0.39 is 0 Å². The Bertz CT molecular complexity index is 523. The molecule has 0 aliphatic carbocycles. The van der Waals surface area contributed by atoms with Gasteiger partial charge in [0.05, 0.1) is 17.8 Å². The molecule has 0 radical (unpaired) electrons. The van der Waals surface area contributed by atoms with Gasteiger partial charge in [0, 0.05) is 38.7 Å². The maximum Gasteiger partial charge on any atom is 0.222 e. The second-order valence-electron chi connectivity index (χ2n) is 5.98. The molecule has 2 atom stereocenters. The van der Waals surface area contributed by atoms with Gasteiger partial charge in [0.15, 0.2) is 0 Å². The third-order valence-electron chi connectivity index (χ3n) is 4.61. The van der Waals surface area contributed by atoms with E-state index in [-0.39, 0.29) is 12.1 Å². The number of nitrogen functional groups attached to an aromatic ring is 1. The molecule has 2 aliphatic rings. The second kappa shape index (κ2) is 6.76. The molecule has 0 saturated carbocycles. The first-order valence-corrected chi connectivity index (χ1v) is 8.09. The normalized spacial score (nSPS) is 25.7. The number of nitrogens with one attached hydrogen (secondary N) is 2. The predicted octanol–water partition coefficient (Wildman–Crippen LogP) is -0.122. The number of likely N-dealkylation sites (N-methyl/N-ethyl adjacent to an activating group) is 1. The Balaban J connectivity index is 1.84. The van der Waals surface area contributed by atoms with E-state index >= 15 is 0 Å². The first kappa shape index (κ1) is 15.5.